The van der Waals surface area contributed by atoms with Crippen molar-refractivity contribution in [2.24, 2.45) is 0 Å². The van der Waals surface area contributed by atoms with Gasteiger partial charge in [0.05, 0.1) is 16.1 Å². The molecule has 2 amide bonds. The molecular formula is C26H32ClN5O4S. The van der Waals surface area contributed by atoms with Crippen molar-refractivity contribution in [3.8, 4) is 0 Å². The summed E-state index contributed by atoms with van der Waals surface area (Å²) in [6.45, 7) is 6.79. The molecule has 0 saturated carbocycles. The number of rotatable bonds is 11. The van der Waals surface area contributed by atoms with Gasteiger partial charge in [-0.2, -0.15) is 12.7 Å². The second kappa shape index (κ2) is 12.4. The van der Waals surface area contributed by atoms with Crippen LogP contribution in [0, 0.1) is 0 Å². The van der Waals surface area contributed by atoms with Crippen molar-refractivity contribution in [3.63, 3.8) is 0 Å². The van der Waals surface area contributed by atoms with Gasteiger partial charge in [0.2, 0.25) is 0 Å². The third-order valence-corrected chi connectivity index (χ3v) is 7.99. The number of hydrogen-bond acceptors (Lipinski definition) is 5. The van der Waals surface area contributed by atoms with Crippen molar-refractivity contribution in [1.82, 2.24) is 23.8 Å². The van der Waals surface area contributed by atoms with E-state index in [2.05, 4.69) is 15.5 Å². The topological polar surface area (TPSA) is 104 Å². The average Bonchev–Trinajstić information content (AvgIpc) is 3.25. The molecule has 2 N–H and O–H groups in total. The van der Waals surface area contributed by atoms with Gasteiger partial charge in [0.1, 0.15) is 5.70 Å². The van der Waals surface area contributed by atoms with E-state index in [9.17, 15) is 18.0 Å². The van der Waals surface area contributed by atoms with Gasteiger partial charge in [-0.25, -0.2) is 3.97 Å². The summed E-state index contributed by atoms with van der Waals surface area (Å²) in [5.74, 6) is -1.06. The number of aromatic nitrogens is 1. The summed E-state index contributed by atoms with van der Waals surface area (Å²) in [6, 6.07) is 13.5. The SMILES string of the molecule is CCN(CC)CCNC(=O)C(=Cc1cn(S(=O)(=O)N(C)C)c2ccccc12)NC(=O)c1ccccc1Cl. The molecule has 0 unspecified atom stereocenters. The molecular weight excluding hydrogens is 514 g/mol. The number of halogens is 1. The Labute approximate surface area is 222 Å². The van der Waals surface area contributed by atoms with E-state index in [-0.39, 0.29) is 16.3 Å². The number of nitrogens with zero attached hydrogens (tertiary/aromatic N) is 3. The van der Waals surface area contributed by atoms with Crippen LogP contribution in [0.2, 0.25) is 5.02 Å². The van der Waals surface area contributed by atoms with Crippen molar-refractivity contribution < 1.29 is 18.0 Å². The van der Waals surface area contributed by atoms with Crippen molar-refractivity contribution in [1.29, 1.82) is 0 Å². The van der Waals surface area contributed by atoms with Crippen LogP contribution in [0.5, 0.6) is 0 Å². The van der Waals surface area contributed by atoms with Gasteiger partial charge in [-0.3, -0.25) is 9.59 Å². The van der Waals surface area contributed by atoms with Crippen LogP contribution >= 0.6 is 11.6 Å². The fraction of sp³-hybridized carbons (Fsp3) is 0.308. The smallest absolute Gasteiger partial charge is 0.307 e. The number of hydrogen-bond donors (Lipinski definition) is 2. The van der Waals surface area contributed by atoms with E-state index in [0.29, 0.717) is 29.6 Å². The van der Waals surface area contributed by atoms with Gasteiger partial charge in [0.25, 0.3) is 11.8 Å². The molecule has 0 radical (unpaired) electrons. The van der Waals surface area contributed by atoms with Gasteiger partial charge >= 0.3 is 10.2 Å². The van der Waals surface area contributed by atoms with Gasteiger partial charge < -0.3 is 15.5 Å². The van der Waals surface area contributed by atoms with Gasteiger partial charge in [0, 0.05) is 44.3 Å². The highest BCUT2D eigenvalue weighted by Gasteiger charge is 2.22. The van der Waals surface area contributed by atoms with E-state index < -0.39 is 22.0 Å². The Hall–Kier alpha value is -3.18. The van der Waals surface area contributed by atoms with Gasteiger partial charge in [-0.05, 0) is 37.4 Å². The molecule has 37 heavy (non-hydrogen) atoms. The van der Waals surface area contributed by atoms with E-state index in [0.717, 1.165) is 21.4 Å². The van der Waals surface area contributed by atoms with Gasteiger partial charge in [-0.15, -0.1) is 0 Å². The molecule has 0 atom stereocenters. The summed E-state index contributed by atoms with van der Waals surface area (Å²) < 4.78 is 28.1. The van der Waals surface area contributed by atoms with Crippen LogP contribution in [-0.4, -0.2) is 73.7 Å². The van der Waals surface area contributed by atoms with Crippen LogP contribution in [0.1, 0.15) is 29.8 Å². The Kier molecular flexibility index (Phi) is 9.50. The van der Waals surface area contributed by atoms with Gasteiger partial charge in [0.15, 0.2) is 0 Å². The van der Waals surface area contributed by atoms with Crippen LogP contribution in [0.25, 0.3) is 17.0 Å². The maximum absolute atomic E-state index is 13.2. The zero-order chi connectivity index (χ0) is 27.2. The second-order valence-electron chi connectivity index (χ2n) is 8.46. The first kappa shape index (κ1) is 28.4. The van der Waals surface area contributed by atoms with E-state index >= 15 is 0 Å². The van der Waals surface area contributed by atoms with Crippen LogP contribution < -0.4 is 10.6 Å². The number of likely N-dealkylation sites (N-methyl/N-ethyl adjacent to an activating group) is 1. The number of nitrogens with one attached hydrogen (secondary N) is 2. The van der Waals surface area contributed by atoms with Crippen molar-refractivity contribution in [2.75, 3.05) is 40.3 Å². The van der Waals surface area contributed by atoms with Crippen molar-refractivity contribution in [2.45, 2.75) is 13.8 Å². The third kappa shape index (κ3) is 6.58. The van der Waals surface area contributed by atoms with Crippen LogP contribution in [0.15, 0.2) is 60.4 Å². The summed E-state index contributed by atoms with van der Waals surface area (Å²) in [5.41, 5.74) is 1.08. The number of carbonyl (C=O) groups is 2. The molecule has 0 bridgehead atoms. The molecule has 9 nitrogen and oxygen atoms in total. The molecule has 0 saturated heterocycles. The Morgan fingerprint density at radius 3 is 2.32 bits per heavy atom. The highest BCUT2D eigenvalue weighted by Crippen LogP contribution is 2.26. The molecule has 0 fully saturated rings. The Balaban J connectivity index is 2.04. The first-order valence-electron chi connectivity index (χ1n) is 11.9. The average molecular weight is 546 g/mol. The molecule has 3 aromatic rings. The molecule has 198 valence electrons. The molecule has 0 aliphatic carbocycles. The monoisotopic (exact) mass is 545 g/mol. The minimum Gasteiger partial charge on any atom is -0.349 e. The standard InChI is InChI=1S/C26H32ClN5O4S/c1-5-31(6-2)16-15-28-26(34)23(29-25(33)21-12-7-9-13-22(21)27)17-19-18-32(37(35,36)30(3)4)24-14-10-8-11-20(19)24/h7-14,17-18H,5-6,15-16H2,1-4H3,(H,28,34)(H,29,33). The maximum Gasteiger partial charge on any atom is 0.307 e. The molecule has 1 heterocycles. The highest BCUT2D eigenvalue weighted by atomic mass is 35.5. The Bertz CT molecular complexity index is 1410. The normalized spacial score (nSPS) is 12.4. The van der Waals surface area contributed by atoms with E-state index in [4.69, 9.17) is 11.6 Å². The Morgan fingerprint density at radius 2 is 1.68 bits per heavy atom. The Morgan fingerprint density at radius 1 is 1.03 bits per heavy atom. The molecule has 0 aliphatic heterocycles. The third-order valence-electron chi connectivity index (χ3n) is 5.94. The molecule has 11 heteroatoms. The minimum absolute atomic E-state index is 0.0328. The highest BCUT2D eigenvalue weighted by molar-refractivity contribution is 7.87. The largest absolute Gasteiger partial charge is 0.349 e. The zero-order valence-corrected chi connectivity index (χ0v) is 22.9. The zero-order valence-electron chi connectivity index (χ0n) is 21.4. The predicted molar refractivity (Wildman–Crippen MR) is 148 cm³/mol. The number of carbonyl (C=O) groups excluding carboxylic acids is 2. The van der Waals surface area contributed by atoms with Crippen LogP contribution in [-0.2, 0) is 15.0 Å². The predicted octanol–water partition coefficient (Wildman–Crippen LogP) is 3.18. The lowest BCUT2D eigenvalue weighted by Gasteiger charge is -2.18. The van der Waals surface area contributed by atoms with Crippen molar-refractivity contribution >= 4 is 50.6 Å². The fourth-order valence-corrected chi connectivity index (χ4v) is 5.00. The summed E-state index contributed by atoms with van der Waals surface area (Å²) in [6.07, 6.45) is 2.91. The lowest BCUT2D eigenvalue weighted by atomic mass is 10.1. The molecule has 0 aliphatic rings. The summed E-state index contributed by atoms with van der Waals surface area (Å²) in [7, 11) is -0.945. The lowest BCUT2D eigenvalue weighted by molar-refractivity contribution is -0.117. The number of amides is 2. The van der Waals surface area contributed by atoms with Crippen LogP contribution in [0.3, 0.4) is 0 Å². The molecule has 3 rings (SSSR count). The lowest BCUT2D eigenvalue weighted by Crippen LogP contribution is -2.39. The number of para-hydroxylation sites is 1. The van der Waals surface area contributed by atoms with Gasteiger partial charge in [-0.1, -0.05) is 55.8 Å². The quantitative estimate of drug-likeness (QED) is 0.360. The van der Waals surface area contributed by atoms with E-state index in [1.165, 1.54) is 26.4 Å². The maximum atomic E-state index is 13.2. The fourth-order valence-electron chi connectivity index (χ4n) is 3.77. The van der Waals surface area contributed by atoms with E-state index in [1.807, 2.05) is 13.8 Å². The second-order valence-corrected chi connectivity index (χ2v) is 10.9. The molecule has 0 spiro atoms. The summed E-state index contributed by atoms with van der Waals surface area (Å²) >= 11 is 6.19. The summed E-state index contributed by atoms with van der Waals surface area (Å²) in [4.78, 5) is 28.4. The first-order chi connectivity index (χ1) is 17.6. The molecule has 1 aromatic heterocycles. The van der Waals surface area contributed by atoms with E-state index in [1.54, 1.807) is 48.5 Å². The van der Waals surface area contributed by atoms with Crippen molar-refractivity contribution in [3.05, 3.63) is 76.6 Å². The van der Waals surface area contributed by atoms with Crippen LogP contribution in [0.4, 0.5) is 0 Å². The minimum atomic E-state index is -3.83. The first-order valence-corrected chi connectivity index (χ1v) is 13.7. The number of benzene rings is 2. The summed E-state index contributed by atoms with van der Waals surface area (Å²) in [5, 5.41) is 6.36. The molecule has 2 aromatic carbocycles. The number of fused-ring (bicyclic) bond motifs is 1.